The van der Waals surface area contributed by atoms with Gasteiger partial charge in [-0.15, -0.1) is 0 Å². The molecular formula is C27H29N3O3. The lowest BCUT2D eigenvalue weighted by atomic mass is 9.70. The minimum absolute atomic E-state index is 0.0436. The average Bonchev–Trinajstić information content (AvgIpc) is 3.17. The van der Waals surface area contributed by atoms with Gasteiger partial charge in [-0.05, 0) is 55.2 Å². The Balaban J connectivity index is 1.51. The monoisotopic (exact) mass is 443 g/mol. The van der Waals surface area contributed by atoms with Crippen molar-refractivity contribution in [2.45, 2.75) is 45.6 Å². The quantitative estimate of drug-likeness (QED) is 0.529. The van der Waals surface area contributed by atoms with Gasteiger partial charge in [-0.3, -0.25) is 4.79 Å². The largest absolute Gasteiger partial charge is 0.447 e. The van der Waals surface area contributed by atoms with Crippen molar-refractivity contribution in [3.05, 3.63) is 70.4 Å². The normalized spacial score (nSPS) is 17.1. The number of aromatic amines is 1. The molecule has 1 aromatic heterocycles. The summed E-state index contributed by atoms with van der Waals surface area (Å²) >= 11 is 0. The number of fused-ring (bicyclic) bond motifs is 4. The van der Waals surface area contributed by atoms with E-state index in [4.69, 9.17) is 10.5 Å². The van der Waals surface area contributed by atoms with Crippen molar-refractivity contribution in [2.24, 2.45) is 0 Å². The van der Waals surface area contributed by atoms with Crippen LogP contribution in [0.5, 0.6) is 0 Å². The number of aromatic nitrogens is 1. The topological polar surface area (TPSA) is 88.4 Å². The van der Waals surface area contributed by atoms with Crippen molar-refractivity contribution in [3.63, 3.8) is 0 Å². The fourth-order valence-corrected chi connectivity index (χ4v) is 5.02. The Labute approximate surface area is 193 Å². The van der Waals surface area contributed by atoms with Crippen molar-refractivity contribution in [2.75, 3.05) is 18.8 Å². The average molecular weight is 444 g/mol. The molecule has 170 valence electrons. The van der Waals surface area contributed by atoms with Crippen LogP contribution in [0.4, 0.5) is 10.5 Å². The lowest BCUT2D eigenvalue weighted by Gasteiger charge is -2.33. The molecule has 6 nitrogen and oxygen atoms in total. The Bertz CT molecular complexity index is 1330. The van der Waals surface area contributed by atoms with Gasteiger partial charge in [0.25, 0.3) is 0 Å². The summed E-state index contributed by atoms with van der Waals surface area (Å²) in [5.74, 6) is 0.0436. The number of ketones is 1. The third kappa shape index (κ3) is 3.41. The third-order valence-electron chi connectivity index (χ3n) is 6.79. The van der Waals surface area contributed by atoms with Crippen molar-refractivity contribution in [3.8, 4) is 0 Å². The number of carbonyl (C=O) groups excluding carboxylic acids is 2. The molecule has 2 aliphatic rings. The number of nitrogens with zero attached hydrogens (tertiary/aromatic N) is 1. The van der Waals surface area contributed by atoms with Crippen molar-refractivity contribution in [1.82, 2.24) is 9.88 Å². The second kappa shape index (κ2) is 7.51. The van der Waals surface area contributed by atoms with E-state index >= 15 is 0 Å². The van der Waals surface area contributed by atoms with Crippen LogP contribution in [0.2, 0.25) is 0 Å². The van der Waals surface area contributed by atoms with E-state index in [1.165, 1.54) is 5.57 Å². The van der Waals surface area contributed by atoms with E-state index in [0.717, 1.165) is 45.3 Å². The van der Waals surface area contributed by atoms with Crippen LogP contribution in [0.1, 0.15) is 66.9 Å². The SMILES string of the molecule is CC(C)OC(=O)N1CC=C(c2ccc3c(c2)C(C)(C)c2[nH]c4cc(N)ccc4c2C3=O)CC1. The summed E-state index contributed by atoms with van der Waals surface area (Å²) < 4.78 is 5.32. The van der Waals surface area contributed by atoms with Gasteiger partial charge in [-0.25, -0.2) is 4.79 Å². The third-order valence-corrected chi connectivity index (χ3v) is 6.79. The summed E-state index contributed by atoms with van der Waals surface area (Å²) in [7, 11) is 0. The number of nitrogen functional groups attached to an aromatic ring is 1. The van der Waals surface area contributed by atoms with E-state index in [2.05, 4.69) is 31.0 Å². The summed E-state index contributed by atoms with van der Waals surface area (Å²) in [5.41, 5.74) is 12.9. The molecule has 1 aliphatic carbocycles. The Morgan fingerprint density at radius 1 is 1.18 bits per heavy atom. The fraction of sp³-hybridized carbons (Fsp3) is 0.333. The Kier molecular flexibility index (Phi) is 4.85. The van der Waals surface area contributed by atoms with Gasteiger partial charge in [0, 0.05) is 46.4 Å². The molecule has 1 amide bonds. The Morgan fingerprint density at radius 3 is 2.67 bits per heavy atom. The molecule has 2 aromatic carbocycles. The molecule has 0 saturated heterocycles. The number of hydrogen-bond acceptors (Lipinski definition) is 4. The van der Waals surface area contributed by atoms with Crippen LogP contribution < -0.4 is 5.73 Å². The molecule has 0 spiro atoms. The lowest BCUT2D eigenvalue weighted by molar-refractivity contribution is 0.0799. The summed E-state index contributed by atoms with van der Waals surface area (Å²) in [6.45, 7) is 9.15. The highest BCUT2D eigenvalue weighted by atomic mass is 16.6. The van der Waals surface area contributed by atoms with Gasteiger partial charge >= 0.3 is 6.09 Å². The summed E-state index contributed by atoms with van der Waals surface area (Å²) in [4.78, 5) is 30.9. The molecule has 0 atom stereocenters. The van der Waals surface area contributed by atoms with Gasteiger partial charge in [-0.2, -0.15) is 0 Å². The number of H-pyrrole nitrogens is 1. The first-order valence-corrected chi connectivity index (χ1v) is 11.4. The fourth-order valence-electron chi connectivity index (χ4n) is 5.02. The van der Waals surface area contributed by atoms with Crippen LogP contribution in [0.15, 0.2) is 42.5 Å². The first kappa shape index (κ1) is 21.3. The molecule has 5 rings (SSSR count). The van der Waals surface area contributed by atoms with E-state index in [1.54, 1.807) is 4.90 Å². The van der Waals surface area contributed by atoms with Crippen LogP contribution in [0.3, 0.4) is 0 Å². The number of carbonyl (C=O) groups is 2. The molecule has 3 aromatic rings. The molecule has 0 radical (unpaired) electrons. The maximum absolute atomic E-state index is 13.5. The van der Waals surface area contributed by atoms with Crippen molar-refractivity contribution >= 4 is 34.0 Å². The second-order valence-electron chi connectivity index (χ2n) is 9.75. The zero-order valence-corrected chi connectivity index (χ0v) is 19.5. The Hall–Kier alpha value is -3.54. The standard InChI is InChI=1S/C27H29N3O3/c1-15(2)33-26(32)30-11-9-16(10-12-30)17-5-7-19-21(13-17)27(3,4)25-23(24(19)31)20-8-6-18(28)14-22(20)29-25/h5-9,13-15,29H,10-12,28H2,1-4H3. The van der Waals surface area contributed by atoms with Crippen LogP contribution in [0, 0.1) is 0 Å². The highest BCUT2D eigenvalue weighted by Gasteiger charge is 2.39. The number of anilines is 1. The minimum atomic E-state index is -0.370. The van der Waals surface area contributed by atoms with Crippen LogP contribution in [0.25, 0.3) is 16.5 Å². The van der Waals surface area contributed by atoms with E-state index in [9.17, 15) is 9.59 Å². The summed E-state index contributed by atoms with van der Waals surface area (Å²) in [6.07, 6.45) is 2.43. The van der Waals surface area contributed by atoms with E-state index in [-0.39, 0.29) is 23.4 Å². The number of benzene rings is 2. The minimum Gasteiger partial charge on any atom is -0.447 e. The zero-order chi connectivity index (χ0) is 23.5. The van der Waals surface area contributed by atoms with Gasteiger partial charge in [-0.1, -0.05) is 38.1 Å². The number of hydrogen-bond donors (Lipinski definition) is 2. The predicted molar refractivity (Wildman–Crippen MR) is 130 cm³/mol. The molecule has 1 aliphatic heterocycles. The first-order valence-electron chi connectivity index (χ1n) is 11.4. The van der Waals surface area contributed by atoms with Gasteiger partial charge in [0.2, 0.25) is 0 Å². The zero-order valence-electron chi connectivity index (χ0n) is 19.5. The van der Waals surface area contributed by atoms with Crippen molar-refractivity contribution in [1.29, 1.82) is 0 Å². The van der Waals surface area contributed by atoms with Gasteiger partial charge < -0.3 is 20.4 Å². The first-order chi connectivity index (χ1) is 15.7. The number of ether oxygens (including phenoxy) is 1. The van der Waals surface area contributed by atoms with Gasteiger partial charge in [0.15, 0.2) is 5.78 Å². The molecule has 2 heterocycles. The van der Waals surface area contributed by atoms with Gasteiger partial charge in [0.05, 0.1) is 11.7 Å². The number of nitrogens with two attached hydrogens (primary N) is 1. The molecule has 0 saturated carbocycles. The number of rotatable bonds is 2. The van der Waals surface area contributed by atoms with Crippen molar-refractivity contribution < 1.29 is 14.3 Å². The maximum atomic E-state index is 13.5. The number of nitrogens with one attached hydrogen (secondary N) is 1. The van der Waals surface area contributed by atoms with Gasteiger partial charge in [0.1, 0.15) is 0 Å². The van der Waals surface area contributed by atoms with E-state index in [1.807, 2.05) is 44.2 Å². The van der Waals surface area contributed by atoms with E-state index in [0.29, 0.717) is 18.8 Å². The molecule has 0 unspecified atom stereocenters. The smallest absolute Gasteiger partial charge is 0.410 e. The highest BCUT2D eigenvalue weighted by Crippen LogP contribution is 2.44. The van der Waals surface area contributed by atoms with Crippen LogP contribution in [-0.2, 0) is 10.2 Å². The maximum Gasteiger partial charge on any atom is 0.410 e. The van der Waals surface area contributed by atoms with Crippen LogP contribution >= 0.6 is 0 Å². The summed E-state index contributed by atoms with van der Waals surface area (Å²) in [6, 6.07) is 11.8. The molecule has 0 fully saturated rings. The molecule has 33 heavy (non-hydrogen) atoms. The second-order valence-corrected chi connectivity index (χ2v) is 9.75. The predicted octanol–water partition coefficient (Wildman–Crippen LogP) is 5.25. The summed E-state index contributed by atoms with van der Waals surface area (Å²) in [5, 5.41) is 0.912. The lowest BCUT2D eigenvalue weighted by Crippen LogP contribution is -2.36. The van der Waals surface area contributed by atoms with E-state index < -0.39 is 0 Å². The highest BCUT2D eigenvalue weighted by molar-refractivity contribution is 6.20. The Morgan fingerprint density at radius 2 is 1.97 bits per heavy atom. The van der Waals surface area contributed by atoms with Crippen LogP contribution in [-0.4, -0.2) is 41.0 Å². The molecule has 6 heteroatoms. The molecular weight excluding hydrogens is 414 g/mol. The molecule has 3 N–H and O–H groups in total. The number of amides is 1. The molecule has 0 bridgehead atoms.